The summed E-state index contributed by atoms with van der Waals surface area (Å²) in [7, 11) is 0. The van der Waals surface area contributed by atoms with Crippen LogP contribution in [0.2, 0.25) is 0 Å². The highest BCUT2D eigenvalue weighted by Gasteiger charge is 2.20. The van der Waals surface area contributed by atoms with E-state index in [9.17, 15) is 4.79 Å². The van der Waals surface area contributed by atoms with Crippen LogP contribution in [-0.2, 0) is 17.8 Å². The number of hydrogen-bond acceptors (Lipinski definition) is 4. The second-order valence-corrected chi connectivity index (χ2v) is 7.52. The minimum absolute atomic E-state index is 0.0999. The summed E-state index contributed by atoms with van der Waals surface area (Å²) in [6.07, 6.45) is 0.322. The Bertz CT molecular complexity index is 1020. The molecule has 0 aliphatic carbocycles. The quantitative estimate of drug-likeness (QED) is 0.641. The fourth-order valence-corrected chi connectivity index (χ4v) is 3.56. The third kappa shape index (κ3) is 4.53. The molecule has 0 fully saturated rings. The van der Waals surface area contributed by atoms with Crippen molar-refractivity contribution in [2.45, 2.75) is 54.5 Å². The van der Waals surface area contributed by atoms with Crippen molar-refractivity contribution in [3.05, 3.63) is 69.8 Å². The Kier molecular flexibility index (Phi) is 6.11. The molecule has 1 amide bonds. The number of benzene rings is 1. The van der Waals surface area contributed by atoms with Crippen LogP contribution < -0.4 is 0 Å². The third-order valence-electron chi connectivity index (χ3n) is 5.29. The summed E-state index contributed by atoms with van der Waals surface area (Å²) in [4.78, 5) is 24.0. The molecule has 0 N–H and O–H groups in total. The van der Waals surface area contributed by atoms with Crippen molar-refractivity contribution in [2.75, 3.05) is 6.54 Å². The molecule has 2 aromatic heterocycles. The van der Waals surface area contributed by atoms with Gasteiger partial charge in [-0.2, -0.15) is 5.10 Å². The molecule has 0 aliphatic heterocycles. The van der Waals surface area contributed by atoms with E-state index in [1.165, 1.54) is 11.1 Å². The lowest BCUT2D eigenvalue weighted by Crippen LogP contribution is -2.32. The molecule has 0 unspecified atom stereocenters. The molecule has 2 heterocycles. The molecule has 6 heteroatoms. The van der Waals surface area contributed by atoms with E-state index in [0.717, 1.165) is 28.3 Å². The second kappa shape index (κ2) is 8.55. The van der Waals surface area contributed by atoms with Crippen LogP contribution in [0.25, 0.3) is 5.95 Å². The predicted molar refractivity (Wildman–Crippen MR) is 114 cm³/mol. The minimum Gasteiger partial charge on any atom is -0.338 e. The lowest BCUT2D eigenvalue weighted by Gasteiger charge is -2.22. The zero-order valence-corrected chi connectivity index (χ0v) is 18.2. The van der Waals surface area contributed by atoms with Gasteiger partial charge in [-0.05, 0) is 58.7 Å². The van der Waals surface area contributed by atoms with Crippen molar-refractivity contribution in [1.82, 2.24) is 24.6 Å². The van der Waals surface area contributed by atoms with E-state index < -0.39 is 0 Å². The van der Waals surface area contributed by atoms with Gasteiger partial charge in [0.1, 0.15) is 0 Å². The van der Waals surface area contributed by atoms with Gasteiger partial charge in [-0.15, -0.1) is 0 Å². The van der Waals surface area contributed by atoms with Crippen LogP contribution in [0.5, 0.6) is 0 Å². The van der Waals surface area contributed by atoms with Gasteiger partial charge in [0.25, 0.3) is 5.95 Å². The number of carbonyl (C=O) groups is 1. The van der Waals surface area contributed by atoms with Gasteiger partial charge < -0.3 is 4.90 Å². The van der Waals surface area contributed by atoms with Crippen LogP contribution in [0.4, 0.5) is 0 Å². The topological polar surface area (TPSA) is 63.9 Å². The van der Waals surface area contributed by atoms with E-state index in [2.05, 4.69) is 34.1 Å². The van der Waals surface area contributed by atoms with Crippen LogP contribution >= 0.6 is 0 Å². The highest BCUT2D eigenvalue weighted by molar-refractivity contribution is 5.79. The Hall–Kier alpha value is -3.02. The van der Waals surface area contributed by atoms with Crippen molar-refractivity contribution in [2.24, 2.45) is 0 Å². The van der Waals surface area contributed by atoms with Crippen LogP contribution in [0, 0.1) is 34.6 Å². The highest BCUT2D eigenvalue weighted by Crippen LogP contribution is 2.19. The fraction of sp³-hybridized carbons (Fsp3) is 0.391. The van der Waals surface area contributed by atoms with Gasteiger partial charge in [0, 0.05) is 35.7 Å². The first-order valence-corrected chi connectivity index (χ1v) is 10.00. The molecule has 1 aromatic carbocycles. The Morgan fingerprint density at radius 2 is 1.69 bits per heavy atom. The normalized spacial score (nSPS) is 11.0. The molecule has 0 saturated carbocycles. The number of hydrogen-bond donors (Lipinski definition) is 0. The lowest BCUT2D eigenvalue weighted by molar-refractivity contribution is -0.130. The van der Waals surface area contributed by atoms with Gasteiger partial charge in [-0.3, -0.25) is 4.79 Å². The summed E-state index contributed by atoms with van der Waals surface area (Å²) in [5.41, 5.74) is 6.86. The maximum Gasteiger partial charge on any atom is 0.251 e. The van der Waals surface area contributed by atoms with Crippen LogP contribution in [-0.4, -0.2) is 37.1 Å². The first-order valence-electron chi connectivity index (χ1n) is 10.00. The Labute approximate surface area is 172 Å². The molecule has 3 rings (SSSR count). The van der Waals surface area contributed by atoms with Crippen LogP contribution in [0.1, 0.15) is 46.4 Å². The summed E-state index contributed by atoms with van der Waals surface area (Å²) in [5.74, 6) is 0.650. The van der Waals surface area contributed by atoms with E-state index in [1.54, 1.807) is 4.68 Å². The van der Waals surface area contributed by atoms with E-state index in [4.69, 9.17) is 0 Å². The van der Waals surface area contributed by atoms with Crippen molar-refractivity contribution in [3.63, 3.8) is 0 Å². The number of rotatable bonds is 6. The summed E-state index contributed by atoms with van der Waals surface area (Å²) < 4.78 is 1.75. The molecule has 0 bridgehead atoms. The summed E-state index contributed by atoms with van der Waals surface area (Å²) in [5, 5.41) is 4.62. The third-order valence-corrected chi connectivity index (χ3v) is 5.29. The number of aryl methyl sites for hydroxylation is 4. The number of carbonyl (C=O) groups excluding carboxylic acids is 1. The summed E-state index contributed by atoms with van der Waals surface area (Å²) in [6, 6.07) is 10.1. The van der Waals surface area contributed by atoms with Crippen molar-refractivity contribution in [3.8, 4) is 5.95 Å². The molecule has 0 aliphatic rings. The van der Waals surface area contributed by atoms with Gasteiger partial charge in [-0.1, -0.05) is 24.3 Å². The van der Waals surface area contributed by atoms with Gasteiger partial charge in [0.2, 0.25) is 5.91 Å². The average Bonchev–Trinajstić information content (AvgIpc) is 2.94. The van der Waals surface area contributed by atoms with Crippen LogP contribution in [0.15, 0.2) is 30.3 Å². The summed E-state index contributed by atoms with van der Waals surface area (Å²) in [6.45, 7) is 13.2. The molecular weight excluding hydrogens is 362 g/mol. The molecule has 3 aromatic rings. The van der Waals surface area contributed by atoms with Gasteiger partial charge in [0.05, 0.1) is 12.1 Å². The minimum atomic E-state index is 0.0999. The van der Waals surface area contributed by atoms with E-state index in [-0.39, 0.29) is 5.91 Å². The molecular formula is C23H29N5O. The largest absolute Gasteiger partial charge is 0.338 e. The molecule has 29 heavy (non-hydrogen) atoms. The Balaban J connectivity index is 1.85. The van der Waals surface area contributed by atoms with Crippen molar-refractivity contribution in [1.29, 1.82) is 0 Å². The Morgan fingerprint density at radius 3 is 2.31 bits per heavy atom. The molecule has 0 atom stereocenters. The van der Waals surface area contributed by atoms with Gasteiger partial charge in [-0.25, -0.2) is 14.6 Å². The van der Waals surface area contributed by atoms with Gasteiger partial charge >= 0.3 is 0 Å². The number of aromatic nitrogens is 4. The summed E-state index contributed by atoms with van der Waals surface area (Å²) >= 11 is 0. The number of likely N-dealkylation sites (N-methyl/N-ethyl adjacent to an activating group) is 1. The first-order chi connectivity index (χ1) is 13.8. The average molecular weight is 392 g/mol. The maximum absolute atomic E-state index is 13.1. The molecule has 0 saturated heterocycles. The Morgan fingerprint density at radius 1 is 1.03 bits per heavy atom. The first kappa shape index (κ1) is 20.7. The maximum atomic E-state index is 13.1. The molecule has 6 nitrogen and oxygen atoms in total. The zero-order valence-electron chi connectivity index (χ0n) is 18.2. The van der Waals surface area contributed by atoms with E-state index in [0.29, 0.717) is 25.5 Å². The molecule has 0 spiro atoms. The fourth-order valence-electron chi connectivity index (χ4n) is 3.56. The second-order valence-electron chi connectivity index (χ2n) is 7.52. The van der Waals surface area contributed by atoms with Crippen molar-refractivity contribution < 1.29 is 4.79 Å². The predicted octanol–water partition coefficient (Wildman–Crippen LogP) is 3.80. The standard InChI is InChI=1S/C23H29N5O/c1-7-27(14-20-11-9-8-10-15(20)2)22(29)13-21-18(5)26-28(19(21)6)23-24-16(3)12-17(4)25-23/h8-12H,7,13-14H2,1-6H3. The molecule has 152 valence electrons. The van der Waals surface area contributed by atoms with Gasteiger partial charge in [0.15, 0.2) is 0 Å². The van der Waals surface area contributed by atoms with Crippen LogP contribution in [0.3, 0.4) is 0 Å². The smallest absolute Gasteiger partial charge is 0.251 e. The monoisotopic (exact) mass is 391 g/mol. The van der Waals surface area contributed by atoms with Crippen molar-refractivity contribution >= 4 is 5.91 Å². The SMILES string of the molecule is CCN(Cc1ccccc1C)C(=O)Cc1c(C)nn(-c2nc(C)cc(C)n2)c1C. The highest BCUT2D eigenvalue weighted by atomic mass is 16.2. The van der Waals surface area contributed by atoms with E-state index in [1.807, 2.05) is 57.7 Å². The molecule has 0 radical (unpaired) electrons. The van der Waals surface area contributed by atoms with E-state index >= 15 is 0 Å². The number of nitrogens with zero attached hydrogens (tertiary/aromatic N) is 5. The zero-order chi connectivity index (χ0) is 21.1. The number of amides is 1. The lowest BCUT2D eigenvalue weighted by atomic mass is 10.1.